The Morgan fingerprint density at radius 3 is 2.32 bits per heavy atom. The van der Waals surface area contributed by atoms with Crippen LogP contribution in [0.1, 0.15) is 11.1 Å². The lowest BCUT2D eigenvalue weighted by atomic mass is 10.1. The number of para-hydroxylation sites is 1. The van der Waals surface area contributed by atoms with E-state index in [2.05, 4.69) is 9.46 Å². The van der Waals surface area contributed by atoms with Gasteiger partial charge in [-0.2, -0.15) is 0 Å². The van der Waals surface area contributed by atoms with Crippen molar-refractivity contribution in [2.75, 3.05) is 4.72 Å². The van der Waals surface area contributed by atoms with E-state index in [-0.39, 0.29) is 5.69 Å². The van der Waals surface area contributed by atoms with Crippen molar-refractivity contribution in [1.82, 2.24) is 0 Å². The van der Waals surface area contributed by atoms with Crippen molar-refractivity contribution >= 4 is 15.7 Å². The number of sulfonamides is 1. The van der Waals surface area contributed by atoms with Crippen molar-refractivity contribution in [2.45, 2.75) is 17.7 Å². The Morgan fingerprint density at radius 1 is 0.857 bits per heavy atom. The van der Waals surface area contributed by atoms with Crippen LogP contribution in [-0.2, 0) is 16.4 Å². The van der Waals surface area contributed by atoms with Gasteiger partial charge in [0.1, 0.15) is 10.6 Å². The predicted molar refractivity (Wildman–Crippen MR) is 98.6 cm³/mol. The molecule has 0 heterocycles. The number of fused-ring (bicyclic) bond motifs is 3. The quantitative estimate of drug-likeness (QED) is 0.522. The Kier molecular flexibility index (Phi) is 4.30. The van der Waals surface area contributed by atoms with Gasteiger partial charge in [-0.25, -0.2) is 8.42 Å². The van der Waals surface area contributed by atoms with E-state index in [4.69, 9.17) is 0 Å². The topological polar surface area (TPSA) is 55.4 Å². The summed E-state index contributed by atoms with van der Waals surface area (Å²) in [5.41, 5.74) is 4.46. The Bertz CT molecular complexity index is 1160. The summed E-state index contributed by atoms with van der Waals surface area (Å²) < 4.78 is 69.3. The molecule has 0 atom stereocenters. The van der Waals surface area contributed by atoms with Crippen LogP contribution in [0.4, 0.5) is 18.9 Å². The van der Waals surface area contributed by atoms with Crippen LogP contribution in [0.2, 0.25) is 0 Å². The van der Waals surface area contributed by atoms with Crippen molar-refractivity contribution in [3.05, 3.63) is 77.9 Å². The van der Waals surface area contributed by atoms with Gasteiger partial charge in [-0.3, -0.25) is 4.72 Å². The van der Waals surface area contributed by atoms with E-state index in [9.17, 15) is 21.6 Å². The van der Waals surface area contributed by atoms with Crippen LogP contribution in [0.15, 0.2) is 71.6 Å². The zero-order chi connectivity index (χ0) is 19.9. The minimum absolute atomic E-state index is 0.272. The molecule has 0 fully saturated rings. The smallest absolute Gasteiger partial charge is 0.404 e. The largest absolute Gasteiger partial charge is 0.573 e. The highest BCUT2D eigenvalue weighted by Gasteiger charge is 2.34. The molecule has 0 aliphatic heterocycles. The molecule has 144 valence electrons. The van der Waals surface area contributed by atoms with E-state index in [0.717, 1.165) is 34.4 Å². The summed E-state index contributed by atoms with van der Waals surface area (Å²) in [6.45, 7) is 0. The summed E-state index contributed by atoms with van der Waals surface area (Å²) in [7, 11) is -4.28. The molecule has 1 N–H and O–H groups in total. The Labute approximate surface area is 159 Å². The summed E-state index contributed by atoms with van der Waals surface area (Å²) in [6.07, 6.45) is -4.33. The second-order valence-corrected chi connectivity index (χ2v) is 7.96. The zero-order valence-corrected chi connectivity index (χ0v) is 15.1. The Hall–Kier alpha value is -3.00. The monoisotopic (exact) mass is 405 g/mol. The van der Waals surface area contributed by atoms with Crippen LogP contribution in [0, 0.1) is 0 Å². The highest BCUT2D eigenvalue weighted by atomic mass is 32.2. The second-order valence-electron chi connectivity index (χ2n) is 6.31. The fourth-order valence-corrected chi connectivity index (χ4v) is 4.48. The average Bonchev–Trinajstić information content (AvgIpc) is 2.98. The fraction of sp³-hybridized carbons (Fsp3) is 0.100. The molecule has 4 nitrogen and oxygen atoms in total. The first-order chi connectivity index (χ1) is 13.2. The number of halogens is 3. The molecule has 1 aliphatic rings. The van der Waals surface area contributed by atoms with E-state index in [1.54, 1.807) is 18.2 Å². The molecule has 0 amide bonds. The van der Waals surface area contributed by atoms with Crippen molar-refractivity contribution < 1.29 is 26.3 Å². The molecule has 28 heavy (non-hydrogen) atoms. The van der Waals surface area contributed by atoms with Gasteiger partial charge in [0.05, 0.1) is 0 Å². The number of alkyl halides is 3. The number of hydrogen-bond donors (Lipinski definition) is 1. The molecule has 0 aromatic heterocycles. The Morgan fingerprint density at radius 2 is 1.54 bits per heavy atom. The lowest BCUT2D eigenvalue weighted by Crippen LogP contribution is -2.20. The normalized spacial score (nSPS) is 13.0. The maximum absolute atomic E-state index is 12.7. The summed E-state index contributed by atoms with van der Waals surface area (Å²) in [5, 5.41) is 0. The lowest BCUT2D eigenvalue weighted by Gasteiger charge is -2.15. The molecule has 3 aromatic carbocycles. The highest BCUT2D eigenvalue weighted by molar-refractivity contribution is 7.92. The van der Waals surface area contributed by atoms with Gasteiger partial charge in [0.25, 0.3) is 10.0 Å². The Balaban J connectivity index is 1.65. The third-order valence-corrected chi connectivity index (χ3v) is 5.83. The number of rotatable bonds is 4. The van der Waals surface area contributed by atoms with E-state index >= 15 is 0 Å². The summed E-state index contributed by atoms with van der Waals surface area (Å²) in [5.74, 6) is -0.781. The molecule has 0 radical (unpaired) electrons. The van der Waals surface area contributed by atoms with Gasteiger partial charge in [-0.05, 0) is 52.9 Å². The third kappa shape index (κ3) is 3.55. The van der Waals surface area contributed by atoms with Gasteiger partial charge in [0.15, 0.2) is 0 Å². The minimum atomic E-state index is -5.00. The number of nitrogens with one attached hydrogen (secondary N) is 1. The molecular weight excluding hydrogens is 391 g/mol. The maximum atomic E-state index is 12.7. The first-order valence-electron chi connectivity index (χ1n) is 8.32. The van der Waals surface area contributed by atoms with Crippen molar-refractivity contribution in [3.63, 3.8) is 0 Å². The van der Waals surface area contributed by atoms with Gasteiger partial charge in [-0.15, -0.1) is 13.2 Å². The highest BCUT2D eigenvalue weighted by Crippen LogP contribution is 2.38. The minimum Gasteiger partial charge on any atom is -0.404 e. The summed E-state index contributed by atoms with van der Waals surface area (Å²) in [6, 6.07) is 17.6. The fourth-order valence-electron chi connectivity index (χ4n) is 3.30. The first kappa shape index (κ1) is 18.4. The molecule has 0 spiro atoms. The molecule has 0 bridgehead atoms. The average molecular weight is 405 g/mol. The molecule has 1 aliphatic carbocycles. The molecule has 8 heteroatoms. The lowest BCUT2D eigenvalue weighted by molar-refractivity contribution is -0.275. The van der Waals surface area contributed by atoms with E-state index in [1.165, 1.54) is 12.1 Å². The third-order valence-electron chi connectivity index (χ3n) is 4.41. The maximum Gasteiger partial charge on any atom is 0.573 e. The van der Waals surface area contributed by atoms with Crippen LogP contribution in [-0.4, -0.2) is 14.8 Å². The number of hydrogen-bond acceptors (Lipinski definition) is 3. The van der Waals surface area contributed by atoms with Crippen LogP contribution in [0.25, 0.3) is 11.1 Å². The molecular formula is C20H14F3NO3S. The van der Waals surface area contributed by atoms with Crippen molar-refractivity contribution in [3.8, 4) is 16.9 Å². The SMILES string of the molecule is O=S(=O)(Nc1ccc2c(c1)Cc1ccccc1-2)c1ccccc1OC(F)(F)F. The number of anilines is 1. The number of ether oxygens (including phenoxy) is 1. The molecule has 0 saturated heterocycles. The van der Waals surface area contributed by atoms with Crippen molar-refractivity contribution in [2.24, 2.45) is 0 Å². The molecule has 4 rings (SSSR count). The van der Waals surface area contributed by atoms with Gasteiger partial charge in [-0.1, -0.05) is 42.5 Å². The summed E-state index contributed by atoms with van der Waals surface area (Å²) >= 11 is 0. The van der Waals surface area contributed by atoms with E-state index in [1.807, 2.05) is 24.3 Å². The molecule has 0 saturated carbocycles. The number of benzene rings is 3. The predicted octanol–water partition coefficient (Wildman–Crippen LogP) is 4.96. The van der Waals surface area contributed by atoms with E-state index < -0.39 is 27.0 Å². The standard InChI is InChI=1S/C20H14F3NO3S/c21-20(22,23)27-18-7-3-4-8-19(18)28(25,26)24-15-9-10-17-14(12-15)11-13-5-1-2-6-16(13)17/h1-10,12,24H,11H2. The van der Waals surface area contributed by atoms with Crippen LogP contribution in [0.5, 0.6) is 5.75 Å². The first-order valence-corrected chi connectivity index (χ1v) is 9.80. The van der Waals surface area contributed by atoms with E-state index in [0.29, 0.717) is 6.42 Å². The van der Waals surface area contributed by atoms with Crippen LogP contribution >= 0.6 is 0 Å². The second kappa shape index (κ2) is 6.56. The van der Waals surface area contributed by atoms with Crippen LogP contribution < -0.4 is 9.46 Å². The zero-order valence-electron chi connectivity index (χ0n) is 14.3. The molecule has 0 unspecified atom stereocenters. The van der Waals surface area contributed by atoms with Gasteiger partial charge in [0, 0.05) is 5.69 Å². The van der Waals surface area contributed by atoms with Crippen molar-refractivity contribution in [1.29, 1.82) is 0 Å². The van der Waals surface area contributed by atoms with Crippen LogP contribution in [0.3, 0.4) is 0 Å². The van der Waals surface area contributed by atoms with Gasteiger partial charge >= 0.3 is 6.36 Å². The summed E-state index contributed by atoms with van der Waals surface area (Å²) in [4.78, 5) is -0.587. The van der Waals surface area contributed by atoms with Gasteiger partial charge in [0.2, 0.25) is 0 Å². The van der Waals surface area contributed by atoms with Gasteiger partial charge < -0.3 is 4.74 Å². The molecule has 3 aromatic rings.